The van der Waals surface area contributed by atoms with E-state index in [0.717, 1.165) is 25.7 Å². The first-order chi connectivity index (χ1) is 16.0. The number of anilines is 1. The van der Waals surface area contributed by atoms with Gasteiger partial charge in [-0.1, -0.05) is 42.1 Å². The van der Waals surface area contributed by atoms with Crippen molar-refractivity contribution in [3.8, 4) is 5.75 Å². The lowest BCUT2D eigenvalue weighted by molar-refractivity contribution is -0.136. The Labute approximate surface area is 204 Å². The van der Waals surface area contributed by atoms with Gasteiger partial charge in [-0.15, -0.1) is 0 Å². The molecular weight excluding hydrogens is 461 g/mol. The number of piperazine rings is 1. The van der Waals surface area contributed by atoms with Crippen LogP contribution in [-0.2, 0) is 9.59 Å². The molecule has 1 aliphatic heterocycles. The molecule has 2 fully saturated rings. The Morgan fingerprint density at radius 2 is 1.67 bits per heavy atom. The van der Waals surface area contributed by atoms with Crippen molar-refractivity contribution in [1.82, 2.24) is 9.80 Å². The van der Waals surface area contributed by atoms with E-state index in [9.17, 15) is 9.59 Å². The monoisotopic (exact) mass is 489 g/mol. The van der Waals surface area contributed by atoms with E-state index in [1.54, 1.807) is 36.4 Å². The number of hydrogen-bond donors (Lipinski definition) is 1. The van der Waals surface area contributed by atoms with Gasteiger partial charge in [0.2, 0.25) is 5.91 Å². The number of amides is 2. The molecule has 0 bridgehead atoms. The molecule has 1 heterocycles. The van der Waals surface area contributed by atoms with Crippen LogP contribution in [0.3, 0.4) is 0 Å². The van der Waals surface area contributed by atoms with Crippen molar-refractivity contribution in [2.45, 2.75) is 31.7 Å². The second-order valence-corrected chi connectivity index (χ2v) is 9.52. The summed E-state index contributed by atoms with van der Waals surface area (Å²) in [6.45, 7) is 2.48. The largest absolute Gasteiger partial charge is 0.484 e. The molecule has 1 saturated heterocycles. The average molecular weight is 490 g/mol. The smallest absolute Gasteiger partial charge is 0.260 e. The SMILES string of the molecule is O=C(Nc1cccc(Cl)c1)C(C1CCCC1)N1CCN(C(=O)COc2ccc(Cl)cc2)CC1. The number of nitrogens with one attached hydrogen (secondary N) is 1. The summed E-state index contributed by atoms with van der Waals surface area (Å²) in [7, 11) is 0. The molecule has 0 radical (unpaired) electrons. The van der Waals surface area contributed by atoms with Gasteiger partial charge < -0.3 is 15.0 Å². The van der Waals surface area contributed by atoms with Gasteiger partial charge in [-0.25, -0.2) is 0 Å². The second kappa shape index (κ2) is 11.2. The third-order valence-electron chi connectivity index (χ3n) is 6.44. The van der Waals surface area contributed by atoms with E-state index in [1.807, 2.05) is 17.0 Å². The number of halogens is 2. The molecule has 1 saturated carbocycles. The van der Waals surface area contributed by atoms with Crippen LogP contribution in [0.1, 0.15) is 25.7 Å². The van der Waals surface area contributed by atoms with E-state index >= 15 is 0 Å². The third-order valence-corrected chi connectivity index (χ3v) is 6.93. The first-order valence-corrected chi connectivity index (χ1v) is 12.2. The topological polar surface area (TPSA) is 61.9 Å². The molecule has 8 heteroatoms. The first kappa shape index (κ1) is 23.9. The average Bonchev–Trinajstić information content (AvgIpc) is 3.33. The molecule has 1 unspecified atom stereocenters. The van der Waals surface area contributed by atoms with Gasteiger partial charge in [-0.05, 0) is 61.2 Å². The summed E-state index contributed by atoms with van der Waals surface area (Å²) in [6.07, 6.45) is 4.43. The van der Waals surface area contributed by atoms with Crippen LogP contribution in [0.4, 0.5) is 5.69 Å². The summed E-state index contributed by atoms with van der Waals surface area (Å²) in [5.41, 5.74) is 0.712. The Bertz CT molecular complexity index is 956. The van der Waals surface area contributed by atoms with Crippen LogP contribution in [-0.4, -0.2) is 60.4 Å². The summed E-state index contributed by atoms with van der Waals surface area (Å²) < 4.78 is 5.61. The fraction of sp³-hybridized carbons (Fsp3) is 0.440. The lowest BCUT2D eigenvalue weighted by atomic mass is 9.95. The molecule has 176 valence electrons. The standard InChI is InChI=1S/C25H29Cl2N3O3/c26-19-8-10-22(11-9-19)33-17-23(31)29-12-14-30(15-13-29)24(18-4-1-2-5-18)25(32)28-21-7-3-6-20(27)16-21/h3,6-11,16,18,24H,1-2,4-5,12-15,17H2,(H,28,32). The third kappa shape index (κ3) is 6.40. The van der Waals surface area contributed by atoms with Gasteiger partial charge in [0.25, 0.3) is 5.91 Å². The van der Waals surface area contributed by atoms with Crippen molar-refractivity contribution in [1.29, 1.82) is 0 Å². The molecular formula is C25H29Cl2N3O3. The zero-order valence-electron chi connectivity index (χ0n) is 18.5. The molecule has 2 amide bonds. The van der Waals surface area contributed by atoms with Crippen LogP contribution in [0.25, 0.3) is 0 Å². The van der Waals surface area contributed by atoms with Crippen LogP contribution >= 0.6 is 23.2 Å². The normalized spacial score (nSPS) is 18.2. The zero-order valence-corrected chi connectivity index (χ0v) is 20.0. The van der Waals surface area contributed by atoms with E-state index in [1.165, 1.54) is 0 Å². The Morgan fingerprint density at radius 3 is 2.33 bits per heavy atom. The molecule has 0 aromatic heterocycles. The molecule has 1 aliphatic carbocycles. The molecule has 2 aliphatic rings. The van der Waals surface area contributed by atoms with Crippen LogP contribution in [0.5, 0.6) is 5.75 Å². The number of benzene rings is 2. The predicted octanol–water partition coefficient (Wildman–Crippen LogP) is 4.71. The van der Waals surface area contributed by atoms with Gasteiger partial charge in [-0.2, -0.15) is 0 Å². The van der Waals surface area contributed by atoms with Crippen molar-refractivity contribution in [3.05, 3.63) is 58.6 Å². The fourth-order valence-corrected chi connectivity index (χ4v) is 5.07. The molecule has 33 heavy (non-hydrogen) atoms. The first-order valence-electron chi connectivity index (χ1n) is 11.5. The van der Waals surface area contributed by atoms with Gasteiger partial charge in [-0.3, -0.25) is 14.5 Å². The van der Waals surface area contributed by atoms with Gasteiger partial charge in [0.1, 0.15) is 5.75 Å². The quantitative estimate of drug-likeness (QED) is 0.611. The molecule has 2 aromatic carbocycles. The summed E-state index contributed by atoms with van der Waals surface area (Å²) >= 11 is 12.0. The number of ether oxygens (including phenoxy) is 1. The Morgan fingerprint density at radius 1 is 0.970 bits per heavy atom. The zero-order chi connectivity index (χ0) is 23.2. The number of nitrogens with zero attached hydrogens (tertiary/aromatic N) is 2. The molecule has 1 atom stereocenters. The van der Waals surface area contributed by atoms with Crippen LogP contribution in [0.15, 0.2) is 48.5 Å². The maximum Gasteiger partial charge on any atom is 0.260 e. The molecule has 2 aromatic rings. The van der Waals surface area contributed by atoms with E-state index in [2.05, 4.69) is 10.2 Å². The van der Waals surface area contributed by atoms with E-state index in [-0.39, 0.29) is 24.5 Å². The Hall–Kier alpha value is -2.28. The maximum atomic E-state index is 13.3. The highest BCUT2D eigenvalue weighted by Crippen LogP contribution is 2.32. The summed E-state index contributed by atoms with van der Waals surface area (Å²) in [5, 5.41) is 4.28. The molecule has 4 rings (SSSR count). The lowest BCUT2D eigenvalue weighted by Crippen LogP contribution is -2.57. The summed E-state index contributed by atoms with van der Waals surface area (Å²) in [5.74, 6) is 0.908. The van der Waals surface area contributed by atoms with Crippen LogP contribution in [0, 0.1) is 5.92 Å². The Balaban J connectivity index is 1.34. The Kier molecular flexibility index (Phi) is 8.12. The van der Waals surface area contributed by atoms with Crippen molar-refractivity contribution in [2.24, 2.45) is 5.92 Å². The maximum absolute atomic E-state index is 13.3. The lowest BCUT2D eigenvalue weighted by Gasteiger charge is -2.40. The fourth-order valence-electron chi connectivity index (χ4n) is 4.75. The summed E-state index contributed by atoms with van der Waals surface area (Å²) in [4.78, 5) is 30.0. The van der Waals surface area contributed by atoms with Crippen molar-refractivity contribution in [3.63, 3.8) is 0 Å². The number of carbonyl (C=O) groups is 2. The van der Waals surface area contributed by atoms with Crippen molar-refractivity contribution < 1.29 is 14.3 Å². The minimum absolute atomic E-state index is 0.00927. The van der Waals surface area contributed by atoms with Gasteiger partial charge in [0.15, 0.2) is 6.61 Å². The molecule has 6 nitrogen and oxygen atoms in total. The summed E-state index contributed by atoms with van der Waals surface area (Å²) in [6, 6.07) is 14.0. The number of rotatable bonds is 7. The van der Waals surface area contributed by atoms with Gasteiger partial charge in [0.05, 0.1) is 6.04 Å². The van der Waals surface area contributed by atoms with Crippen LogP contribution < -0.4 is 10.1 Å². The van der Waals surface area contributed by atoms with Crippen LogP contribution in [0.2, 0.25) is 10.0 Å². The number of hydrogen-bond acceptors (Lipinski definition) is 4. The van der Waals surface area contributed by atoms with Crippen molar-refractivity contribution in [2.75, 3.05) is 38.1 Å². The van der Waals surface area contributed by atoms with Crippen molar-refractivity contribution >= 4 is 40.7 Å². The highest BCUT2D eigenvalue weighted by atomic mass is 35.5. The van der Waals surface area contributed by atoms with Gasteiger partial charge in [0, 0.05) is 41.9 Å². The van der Waals surface area contributed by atoms with E-state index in [4.69, 9.17) is 27.9 Å². The van der Waals surface area contributed by atoms with Gasteiger partial charge >= 0.3 is 0 Å². The highest BCUT2D eigenvalue weighted by Gasteiger charge is 2.37. The van der Waals surface area contributed by atoms with E-state index in [0.29, 0.717) is 53.6 Å². The minimum atomic E-state index is -0.200. The predicted molar refractivity (Wildman–Crippen MR) is 131 cm³/mol. The highest BCUT2D eigenvalue weighted by molar-refractivity contribution is 6.31. The number of carbonyl (C=O) groups excluding carboxylic acids is 2. The molecule has 1 N–H and O–H groups in total. The second-order valence-electron chi connectivity index (χ2n) is 8.65. The molecule has 0 spiro atoms. The minimum Gasteiger partial charge on any atom is -0.484 e. The van der Waals surface area contributed by atoms with E-state index < -0.39 is 0 Å².